The zero-order valence-corrected chi connectivity index (χ0v) is 10.2. The number of nitrogens with two attached hydrogens (primary N) is 1. The summed E-state index contributed by atoms with van der Waals surface area (Å²) in [5, 5.41) is 2.68. The van der Waals surface area contributed by atoms with Gasteiger partial charge in [0, 0.05) is 12.6 Å². The zero-order chi connectivity index (χ0) is 13.0. The Morgan fingerprint density at radius 1 is 1.65 bits per heavy atom. The van der Waals surface area contributed by atoms with Crippen LogP contribution in [-0.2, 0) is 0 Å². The van der Waals surface area contributed by atoms with E-state index in [1.54, 1.807) is 0 Å². The highest BCUT2D eigenvalue weighted by Gasteiger charge is 2.13. The van der Waals surface area contributed by atoms with Crippen LogP contribution in [0.25, 0.3) is 0 Å². The molecular weight excluding hydrogens is 223 g/mol. The van der Waals surface area contributed by atoms with E-state index < -0.39 is 11.7 Å². The van der Waals surface area contributed by atoms with Crippen LogP contribution < -0.4 is 11.1 Å². The molecule has 1 atom stereocenters. The molecule has 0 aromatic carbocycles. The molecule has 1 heterocycles. The fourth-order valence-electron chi connectivity index (χ4n) is 1.15. The number of halogens is 1. The maximum Gasteiger partial charge on any atom is 0.255 e. The van der Waals surface area contributed by atoms with Crippen LogP contribution in [0.4, 0.5) is 10.2 Å². The second-order valence-corrected chi connectivity index (χ2v) is 4.11. The highest BCUT2D eigenvalue weighted by Crippen LogP contribution is 2.09. The van der Waals surface area contributed by atoms with Crippen molar-refractivity contribution in [1.82, 2.24) is 15.2 Å². The van der Waals surface area contributed by atoms with Crippen LogP contribution in [-0.4, -0.2) is 42.5 Å². The third kappa shape index (κ3) is 3.67. The summed E-state index contributed by atoms with van der Waals surface area (Å²) in [7, 11) is 3.82. The van der Waals surface area contributed by atoms with Gasteiger partial charge in [0.15, 0.2) is 0 Å². The van der Waals surface area contributed by atoms with Crippen molar-refractivity contribution >= 4 is 11.7 Å². The molecule has 0 aliphatic rings. The van der Waals surface area contributed by atoms with Crippen molar-refractivity contribution < 1.29 is 9.18 Å². The predicted octanol–water partition coefficient (Wildman–Crippen LogP) is 0.483. The fraction of sp³-hybridized carbons (Fsp3) is 0.455. The lowest BCUT2D eigenvalue weighted by molar-refractivity contribution is 0.0944. The van der Waals surface area contributed by atoms with Gasteiger partial charge in [0.05, 0.1) is 11.8 Å². The maximum absolute atomic E-state index is 12.9. The van der Waals surface area contributed by atoms with Crippen LogP contribution in [0.5, 0.6) is 0 Å². The monoisotopic (exact) mass is 240 g/mol. The number of likely N-dealkylation sites (N-methyl/N-ethyl adjacent to an activating group) is 1. The maximum atomic E-state index is 12.9. The predicted molar refractivity (Wildman–Crippen MR) is 64.1 cm³/mol. The molecule has 6 heteroatoms. The lowest BCUT2D eigenvalue weighted by atomic mass is 10.2. The molecule has 0 fully saturated rings. The average Bonchev–Trinajstić information content (AvgIpc) is 2.28. The summed E-state index contributed by atoms with van der Waals surface area (Å²) in [6, 6.07) is 1.26. The van der Waals surface area contributed by atoms with Crippen molar-refractivity contribution in [1.29, 1.82) is 0 Å². The van der Waals surface area contributed by atoms with Crippen LogP contribution in [0.2, 0.25) is 0 Å². The molecule has 1 aromatic heterocycles. The summed E-state index contributed by atoms with van der Waals surface area (Å²) in [5.74, 6) is -0.963. The van der Waals surface area contributed by atoms with Crippen molar-refractivity contribution in [2.24, 2.45) is 0 Å². The minimum absolute atomic E-state index is 0.0291. The molecule has 1 unspecified atom stereocenters. The van der Waals surface area contributed by atoms with E-state index in [2.05, 4.69) is 10.3 Å². The second kappa shape index (κ2) is 5.58. The van der Waals surface area contributed by atoms with E-state index >= 15 is 0 Å². The van der Waals surface area contributed by atoms with Gasteiger partial charge in [-0.15, -0.1) is 0 Å². The number of rotatable bonds is 4. The number of aromatic nitrogens is 1. The van der Waals surface area contributed by atoms with Crippen molar-refractivity contribution in [2.45, 2.75) is 13.0 Å². The van der Waals surface area contributed by atoms with Gasteiger partial charge in [-0.2, -0.15) is 0 Å². The molecule has 0 aliphatic heterocycles. The van der Waals surface area contributed by atoms with Crippen molar-refractivity contribution in [3.63, 3.8) is 0 Å². The van der Waals surface area contributed by atoms with Gasteiger partial charge in [-0.25, -0.2) is 9.37 Å². The standard InChI is InChI=1S/C11H17FN4O/c1-7(16(2)3)5-15-11(17)9-4-8(12)6-14-10(9)13/h4,6-7H,5H2,1-3H3,(H2,13,14)(H,15,17). The number of anilines is 1. The van der Waals surface area contributed by atoms with Crippen molar-refractivity contribution in [3.05, 3.63) is 23.6 Å². The Kier molecular flexibility index (Phi) is 4.39. The first kappa shape index (κ1) is 13.4. The van der Waals surface area contributed by atoms with Crippen LogP contribution in [0.1, 0.15) is 17.3 Å². The number of nitrogens with zero attached hydrogens (tertiary/aromatic N) is 2. The molecule has 3 N–H and O–H groups in total. The van der Waals surface area contributed by atoms with Gasteiger partial charge in [0.25, 0.3) is 5.91 Å². The van der Waals surface area contributed by atoms with Gasteiger partial charge in [-0.05, 0) is 27.1 Å². The number of carbonyl (C=O) groups excluding carboxylic acids is 1. The van der Waals surface area contributed by atoms with E-state index in [1.807, 2.05) is 25.9 Å². The molecule has 1 amide bonds. The number of amides is 1. The molecular formula is C11H17FN4O. The Hall–Kier alpha value is -1.69. The lowest BCUT2D eigenvalue weighted by Crippen LogP contribution is -2.38. The minimum Gasteiger partial charge on any atom is -0.383 e. The van der Waals surface area contributed by atoms with Gasteiger partial charge in [0.1, 0.15) is 11.6 Å². The van der Waals surface area contributed by atoms with E-state index in [0.717, 1.165) is 12.3 Å². The fourth-order valence-corrected chi connectivity index (χ4v) is 1.15. The summed E-state index contributed by atoms with van der Waals surface area (Å²) in [6.07, 6.45) is 0.981. The smallest absolute Gasteiger partial charge is 0.255 e. The molecule has 1 aromatic rings. The van der Waals surface area contributed by atoms with Crippen LogP contribution >= 0.6 is 0 Å². The first-order valence-corrected chi connectivity index (χ1v) is 5.27. The number of hydrogen-bond donors (Lipinski definition) is 2. The van der Waals surface area contributed by atoms with Crippen molar-refractivity contribution in [2.75, 3.05) is 26.4 Å². The van der Waals surface area contributed by atoms with E-state index in [-0.39, 0.29) is 17.4 Å². The zero-order valence-electron chi connectivity index (χ0n) is 10.2. The third-order valence-corrected chi connectivity index (χ3v) is 2.57. The Bertz CT molecular complexity index is 408. The Labute approximate surface area is 99.8 Å². The van der Waals surface area contributed by atoms with Crippen LogP contribution in [0.15, 0.2) is 12.3 Å². The molecule has 94 valence electrons. The van der Waals surface area contributed by atoms with Gasteiger partial charge in [-0.3, -0.25) is 4.79 Å². The normalized spacial score (nSPS) is 12.5. The second-order valence-electron chi connectivity index (χ2n) is 4.11. The van der Waals surface area contributed by atoms with Crippen molar-refractivity contribution in [3.8, 4) is 0 Å². The Morgan fingerprint density at radius 2 is 2.29 bits per heavy atom. The number of nitrogens with one attached hydrogen (secondary N) is 1. The topological polar surface area (TPSA) is 71.2 Å². The largest absolute Gasteiger partial charge is 0.383 e. The number of hydrogen-bond acceptors (Lipinski definition) is 4. The first-order valence-electron chi connectivity index (χ1n) is 5.27. The van der Waals surface area contributed by atoms with E-state index in [0.29, 0.717) is 6.54 Å². The molecule has 1 rings (SSSR count). The molecule has 0 bridgehead atoms. The van der Waals surface area contributed by atoms with E-state index in [9.17, 15) is 9.18 Å². The summed E-state index contributed by atoms with van der Waals surface area (Å²) < 4.78 is 12.9. The van der Waals surface area contributed by atoms with E-state index in [1.165, 1.54) is 0 Å². The van der Waals surface area contributed by atoms with Gasteiger partial charge in [-0.1, -0.05) is 0 Å². The SMILES string of the molecule is CC(CNC(=O)c1cc(F)cnc1N)N(C)C. The van der Waals surface area contributed by atoms with E-state index in [4.69, 9.17) is 5.73 Å². The van der Waals surface area contributed by atoms with Gasteiger partial charge < -0.3 is 16.0 Å². The number of carbonyl (C=O) groups is 1. The number of nitrogen functional groups attached to an aromatic ring is 1. The molecule has 5 nitrogen and oxygen atoms in total. The van der Waals surface area contributed by atoms with Crippen LogP contribution in [0.3, 0.4) is 0 Å². The highest BCUT2D eigenvalue weighted by molar-refractivity contribution is 5.98. The lowest BCUT2D eigenvalue weighted by Gasteiger charge is -2.20. The Balaban J connectivity index is 2.67. The molecule has 17 heavy (non-hydrogen) atoms. The van der Waals surface area contributed by atoms with Gasteiger partial charge in [0.2, 0.25) is 0 Å². The van der Waals surface area contributed by atoms with Gasteiger partial charge >= 0.3 is 0 Å². The summed E-state index contributed by atoms with van der Waals surface area (Å²) in [4.78, 5) is 17.3. The quantitative estimate of drug-likeness (QED) is 0.803. The summed E-state index contributed by atoms with van der Waals surface area (Å²) in [5.41, 5.74) is 5.57. The molecule has 0 saturated carbocycles. The minimum atomic E-state index is -0.579. The molecule has 0 spiro atoms. The first-order chi connectivity index (χ1) is 7.91. The summed E-state index contributed by atoms with van der Waals surface area (Å²) in [6.45, 7) is 2.43. The number of pyridine rings is 1. The third-order valence-electron chi connectivity index (χ3n) is 2.57. The van der Waals surface area contributed by atoms with Crippen LogP contribution in [0, 0.1) is 5.82 Å². The Morgan fingerprint density at radius 3 is 2.88 bits per heavy atom. The summed E-state index contributed by atoms with van der Waals surface area (Å²) >= 11 is 0. The average molecular weight is 240 g/mol. The molecule has 0 saturated heterocycles. The molecule has 0 radical (unpaired) electrons. The highest BCUT2D eigenvalue weighted by atomic mass is 19.1. The molecule has 0 aliphatic carbocycles.